The van der Waals surface area contributed by atoms with E-state index in [0.717, 1.165) is 83.5 Å². The Bertz CT molecular complexity index is 1250. The third-order valence-electron chi connectivity index (χ3n) is 14.1. The fourth-order valence-electron chi connectivity index (χ4n) is 9.38. The van der Waals surface area contributed by atoms with Crippen LogP contribution in [0.5, 0.6) is 0 Å². The molecule has 72 heavy (non-hydrogen) atoms. The van der Waals surface area contributed by atoms with Crippen molar-refractivity contribution in [3.8, 4) is 0 Å². The summed E-state index contributed by atoms with van der Waals surface area (Å²) in [6.45, 7) is 6.57. The van der Waals surface area contributed by atoms with Crippen LogP contribution in [-0.2, 0) is 28.6 Å². The molecule has 0 amide bonds. The molecule has 0 aliphatic carbocycles. The molecule has 0 rings (SSSR count). The first kappa shape index (κ1) is 69.4. The van der Waals surface area contributed by atoms with E-state index in [9.17, 15) is 14.4 Å². The molecule has 0 radical (unpaired) electrons. The lowest BCUT2D eigenvalue weighted by atomic mass is 10.0. The maximum Gasteiger partial charge on any atom is 0.306 e. The van der Waals surface area contributed by atoms with Crippen molar-refractivity contribution < 1.29 is 28.6 Å². The van der Waals surface area contributed by atoms with Crippen LogP contribution < -0.4 is 0 Å². The maximum absolute atomic E-state index is 12.8. The highest BCUT2D eigenvalue weighted by atomic mass is 16.6. The molecule has 0 saturated heterocycles. The average Bonchev–Trinajstić information content (AvgIpc) is 3.38. The van der Waals surface area contributed by atoms with Crippen molar-refractivity contribution in [2.45, 2.75) is 341 Å². The largest absolute Gasteiger partial charge is 0.462 e. The topological polar surface area (TPSA) is 78.9 Å². The van der Waals surface area contributed by atoms with Gasteiger partial charge >= 0.3 is 17.9 Å². The summed E-state index contributed by atoms with van der Waals surface area (Å²) in [5.74, 6) is -0.845. The molecule has 6 nitrogen and oxygen atoms in total. The number of unbranched alkanes of at least 4 members (excludes halogenated alkanes) is 39. The zero-order valence-corrected chi connectivity index (χ0v) is 48.2. The monoisotopic (exact) mass is 1010 g/mol. The van der Waals surface area contributed by atoms with E-state index in [1.807, 2.05) is 0 Å². The number of ether oxygens (including phenoxy) is 3. The Kier molecular flexibility index (Phi) is 58.7. The zero-order valence-electron chi connectivity index (χ0n) is 48.2. The van der Waals surface area contributed by atoms with Gasteiger partial charge in [0.2, 0.25) is 0 Å². The first-order valence-corrected chi connectivity index (χ1v) is 31.6. The van der Waals surface area contributed by atoms with Gasteiger partial charge in [0.25, 0.3) is 0 Å². The van der Waals surface area contributed by atoms with Crippen molar-refractivity contribution in [2.75, 3.05) is 13.2 Å². The molecule has 0 heterocycles. The Hall–Kier alpha value is -2.63. The van der Waals surface area contributed by atoms with Crippen molar-refractivity contribution in [1.29, 1.82) is 0 Å². The highest BCUT2D eigenvalue weighted by molar-refractivity contribution is 5.71. The van der Waals surface area contributed by atoms with E-state index in [4.69, 9.17) is 14.2 Å². The lowest BCUT2D eigenvalue weighted by molar-refractivity contribution is -0.167. The Labute approximate surface area is 448 Å². The molecular formula is C66H120O6. The van der Waals surface area contributed by atoms with Crippen LogP contribution in [0.3, 0.4) is 0 Å². The molecule has 0 spiro atoms. The minimum Gasteiger partial charge on any atom is -0.462 e. The van der Waals surface area contributed by atoms with Crippen LogP contribution >= 0.6 is 0 Å². The van der Waals surface area contributed by atoms with Gasteiger partial charge in [-0.2, -0.15) is 0 Å². The molecule has 6 heteroatoms. The van der Waals surface area contributed by atoms with Gasteiger partial charge in [-0.15, -0.1) is 0 Å². The highest BCUT2D eigenvalue weighted by Gasteiger charge is 2.19. The van der Waals surface area contributed by atoms with Gasteiger partial charge in [0, 0.05) is 19.3 Å². The van der Waals surface area contributed by atoms with Gasteiger partial charge in [0.15, 0.2) is 6.10 Å². The number of hydrogen-bond donors (Lipinski definition) is 0. The van der Waals surface area contributed by atoms with Gasteiger partial charge in [-0.3, -0.25) is 14.4 Å². The van der Waals surface area contributed by atoms with Crippen molar-refractivity contribution in [2.24, 2.45) is 0 Å². The summed E-state index contributed by atoms with van der Waals surface area (Å²) < 4.78 is 16.9. The molecule has 0 fully saturated rings. The van der Waals surface area contributed by atoms with E-state index >= 15 is 0 Å². The normalized spacial score (nSPS) is 12.3. The molecule has 0 aromatic rings. The number of hydrogen-bond acceptors (Lipinski definition) is 6. The predicted molar refractivity (Wildman–Crippen MR) is 312 cm³/mol. The maximum atomic E-state index is 12.8. The van der Waals surface area contributed by atoms with Crippen LogP contribution in [0.15, 0.2) is 48.6 Å². The standard InChI is InChI=1S/C66H120O6/c1-4-7-10-13-16-19-22-25-26-27-28-29-30-31-32-33-34-35-36-37-38-39-40-42-44-47-50-53-56-59-65(68)71-62-63(61-70-64(67)58-55-52-49-46-43-24-21-18-15-12-9-6-3)72-66(69)60-57-54-51-48-45-41-23-20-17-14-11-8-5-2/h7,10,16,19,25-26,28-29,63H,4-6,8-9,11-15,17-18,20-24,27,30-62H2,1-3H3/b10-7-,19-16-,26-25-,29-28-. The summed E-state index contributed by atoms with van der Waals surface area (Å²) in [4.78, 5) is 38.2. The summed E-state index contributed by atoms with van der Waals surface area (Å²) in [5.41, 5.74) is 0. The van der Waals surface area contributed by atoms with Gasteiger partial charge in [-0.25, -0.2) is 0 Å². The van der Waals surface area contributed by atoms with E-state index < -0.39 is 6.10 Å². The molecule has 1 unspecified atom stereocenters. The molecule has 0 aromatic carbocycles. The van der Waals surface area contributed by atoms with E-state index in [2.05, 4.69) is 69.4 Å². The predicted octanol–water partition coefficient (Wildman–Crippen LogP) is 21.4. The van der Waals surface area contributed by atoms with Crippen molar-refractivity contribution in [1.82, 2.24) is 0 Å². The second-order valence-corrected chi connectivity index (χ2v) is 21.3. The summed E-state index contributed by atoms with van der Waals surface area (Å²) >= 11 is 0. The fourth-order valence-corrected chi connectivity index (χ4v) is 9.38. The number of rotatable bonds is 58. The summed E-state index contributed by atoms with van der Waals surface area (Å²) in [5, 5.41) is 0. The van der Waals surface area contributed by atoms with E-state index in [-0.39, 0.29) is 31.1 Å². The Balaban J connectivity index is 4.13. The number of esters is 3. The van der Waals surface area contributed by atoms with Gasteiger partial charge in [0.05, 0.1) is 0 Å². The van der Waals surface area contributed by atoms with Gasteiger partial charge in [0.1, 0.15) is 13.2 Å². The fraction of sp³-hybridized carbons (Fsp3) is 0.833. The molecular weight excluding hydrogens is 889 g/mol. The van der Waals surface area contributed by atoms with Crippen LogP contribution in [0.2, 0.25) is 0 Å². The molecule has 0 aliphatic heterocycles. The highest BCUT2D eigenvalue weighted by Crippen LogP contribution is 2.17. The van der Waals surface area contributed by atoms with Crippen molar-refractivity contribution in [3.63, 3.8) is 0 Å². The van der Waals surface area contributed by atoms with Crippen LogP contribution in [0.1, 0.15) is 335 Å². The van der Waals surface area contributed by atoms with E-state index in [0.29, 0.717) is 19.3 Å². The SMILES string of the molecule is CC/C=C\C/C=C\C/C=C\C/C=C\CCCCCCCCCCCCCCCCCCC(=O)OCC(COC(=O)CCCCCCCCCCCCCC)OC(=O)CCCCCCCCCCCCCCC. The van der Waals surface area contributed by atoms with Crippen LogP contribution in [0.25, 0.3) is 0 Å². The first-order chi connectivity index (χ1) is 35.5. The molecule has 0 N–H and O–H groups in total. The van der Waals surface area contributed by atoms with Crippen molar-refractivity contribution >= 4 is 17.9 Å². The summed E-state index contributed by atoms with van der Waals surface area (Å²) in [6.07, 6.45) is 75.5. The van der Waals surface area contributed by atoms with Crippen LogP contribution in [0.4, 0.5) is 0 Å². The van der Waals surface area contributed by atoms with Gasteiger partial charge < -0.3 is 14.2 Å². The lowest BCUT2D eigenvalue weighted by Crippen LogP contribution is -2.30. The minimum atomic E-state index is -0.767. The lowest BCUT2D eigenvalue weighted by Gasteiger charge is -2.18. The van der Waals surface area contributed by atoms with E-state index in [1.54, 1.807) is 0 Å². The smallest absolute Gasteiger partial charge is 0.306 e. The summed E-state index contributed by atoms with van der Waals surface area (Å²) in [7, 11) is 0. The number of allylic oxidation sites excluding steroid dienone is 8. The molecule has 420 valence electrons. The Morgan fingerprint density at radius 2 is 0.542 bits per heavy atom. The summed E-state index contributed by atoms with van der Waals surface area (Å²) in [6, 6.07) is 0. The van der Waals surface area contributed by atoms with Crippen LogP contribution in [0, 0.1) is 0 Å². The first-order valence-electron chi connectivity index (χ1n) is 31.6. The molecule has 0 bridgehead atoms. The molecule has 0 aromatic heterocycles. The quantitative estimate of drug-likeness (QED) is 0.0261. The van der Waals surface area contributed by atoms with Gasteiger partial charge in [-0.1, -0.05) is 307 Å². The molecule has 1 atom stereocenters. The zero-order chi connectivity index (χ0) is 52.2. The van der Waals surface area contributed by atoms with E-state index in [1.165, 1.54) is 212 Å². The Morgan fingerprint density at radius 3 is 0.847 bits per heavy atom. The second-order valence-electron chi connectivity index (χ2n) is 21.3. The average molecular weight is 1010 g/mol. The molecule has 0 aliphatic rings. The molecule has 0 saturated carbocycles. The third-order valence-corrected chi connectivity index (χ3v) is 14.1. The van der Waals surface area contributed by atoms with Gasteiger partial charge in [-0.05, 0) is 57.8 Å². The van der Waals surface area contributed by atoms with Crippen LogP contribution in [-0.4, -0.2) is 37.2 Å². The Morgan fingerprint density at radius 1 is 0.292 bits per heavy atom. The van der Waals surface area contributed by atoms with Crippen molar-refractivity contribution in [3.05, 3.63) is 48.6 Å². The number of carbonyl (C=O) groups excluding carboxylic acids is 3. The second kappa shape index (κ2) is 60.9. The minimum absolute atomic E-state index is 0.0661. The third kappa shape index (κ3) is 58.3. The number of carbonyl (C=O) groups is 3.